The Balaban J connectivity index is 2.14. The Hall–Kier alpha value is -0.410. The third-order valence-electron chi connectivity index (χ3n) is 3.09. The Morgan fingerprint density at radius 2 is 2.19 bits per heavy atom. The van der Waals surface area contributed by atoms with Gasteiger partial charge in [-0.3, -0.25) is 0 Å². The van der Waals surface area contributed by atoms with Crippen LogP contribution in [0.15, 0.2) is 18.2 Å². The van der Waals surface area contributed by atoms with Gasteiger partial charge in [-0.2, -0.15) is 0 Å². The van der Waals surface area contributed by atoms with Crippen molar-refractivity contribution in [3.63, 3.8) is 0 Å². The van der Waals surface area contributed by atoms with E-state index in [0.29, 0.717) is 11.7 Å². The molecule has 1 fully saturated rings. The molecule has 1 aromatic rings. The third kappa shape index (κ3) is 2.46. The van der Waals surface area contributed by atoms with E-state index in [9.17, 15) is 4.39 Å². The van der Waals surface area contributed by atoms with Crippen LogP contribution in [0.25, 0.3) is 0 Å². The number of alkyl halides is 1. The molecule has 0 bridgehead atoms. The second-order valence-electron chi connectivity index (χ2n) is 4.47. The van der Waals surface area contributed by atoms with E-state index in [1.807, 2.05) is 12.1 Å². The van der Waals surface area contributed by atoms with Crippen LogP contribution in [0, 0.1) is 12.7 Å². The lowest BCUT2D eigenvalue weighted by Gasteiger charge is -2.18. The Morgan fingerprint density at radius 3 is 2.75 bits per heavy atom. The molecule has 1 nitrogen and oxygen atoms in total. The minimum absolute atomic E-state index is 0.149. The average molecular weight is 287 g/mol. The van der Waals surface area contributed by atoms with E-state index in [0.717, 1.165) is 18.4 Å². The van der Waals surface area contributed by atoms with Gasteiger partial charge in [-0.05, 0) is 43.9 Å². The standard InChI is InChI=1S/C13H16BrFO/c1-8-7-10(4-5-11(8)15)13(14)12-6-3-9(2)16-12/h4-5,7,9,12-13H,3,6H2,1-2H3. The highest BCUT2D eigenvalue weighted by Crippen LogP contribution is 2.36. The summed E-state index contributed by atoms with van der Waals surface area (Å²) in [6.07, 6.45) is 2.71. The average Bonchev–Trinajstić information content (AvgIpc) is 2.68. The Morgan fingerprint density at radius 1 is 1.44 bits per heavy atom. The van der Waals surface area contributed by atoms with Crippen molar-refractivity contribution in [3.8, 4) is 0 Å². The first kappa shape index (κ1) is 12.1. The van der Waals surface area contributed by atoms with Crippen LogP contribution in [0.2, 0.25) is 0 Å². The molecule has 0 saturated carbocycles. The molecule has 0 N–H and O–H groups in total. The quantitative estimate of drug-likeness (QED) is 0.743. The van der Waals surface area contributed by atoms with Crippen molar-refractivity contribution in [1.82, 2.24) is 0 Å². The summed E-state index contributed by atoms with van der Waals surface area (Å²) >= 11 is 3.65. The molecule has 1 heterocycles. The van der Waals surface area contributed by atoms with Crippen LogP contribution in [0.5, 0.6) is 0 Å². The van der Waals surface area contributed by atoms with Crippen LogP contribution in [0.3, 0.4) is 0 Å². The zero-order valence-corrected chi connectivity index (χ0v) is 11.1. The number of aryl methyl sites for hydroxylation is 1. The van der Waals surface area contributed by atoms with E-state index in [4.69, 9.17) is 4.74 Å². The topological polar surface area (TPSA) is 9.23 Å². The Kier molecular flexibility index (Phi) is 3.65. The van der Waals surface area contributed by atoms with Gasteiger partial charge in [0.1, 0.15) is 5.82 Å². The second kappa shape index (κ2) is 4.84. The third-order valence-corrected chi connectivity index (χ3v) is 4.21. The predicted octanol–water partition coefficient (Wildman–Crippen LogP) is 4.14. The summed E-state index contributed by atoms with van der Waals surface area (Å²) in [6, 6.07) is 5.24. The lowest BCUT2D eigenvalue weighted by molar-refractivity contribution is 0.0556. The molecule has 3 atom stereocenters. The van der Waals surface area contributed by atoms with E-state index in [-0.39, 0.29) is 16.7 Å². The van der Waals surface area contributed by atoms with Crippen molar-refractivity contribution in [1.29, 1.82) is 0 Å². The number of hydrogen-bond donors (Lipinski definition) is 0. The maximum atomic E-state index is 13.2. The molecule has 3 heteroatoms. The first-order chi connectivity index (χ1) is 7.58. The lowest BCUT2D eigenvalue weighted by atomic mass is 10.0. The van der Waals surface area contributed by atoms with Crippen molar-refractivity contribution in [2.75, 3.05) is 0 Å². The molecule has 1 saturated heterocycles. The lowest BCUT2D eigenvalue weighted by Crippen LogP contribution is -2.14. The molecule has 0 aromatic heterocycles. The monoisotopic (exact) mass is 286 g/mol. The van der Waals surface area contributed by atoms with Crippen LogP contribution in [0.1, 0.15) is 35.7 Å². The molecule has 1 aliphatic rings. The zero-order chi connectivity index (χ0) is 11.7. The number of ether oxygens (including phenoxy) is 1. The first-order valence-electron chi connectivity index (χ1n) is 5.63. The summed E-state index contributed by atoms with van der Waals surface area (Å²) in [7, 11) is 0. The van der Waals surface area contributed by atoms with E-state index in [2.05, 4.69) is 22.9 Å². The maximum Gasteiger partial charge on any atom is 0.126 e. The van der Waals surface area contributed by atoms with Crippen molar-refractivity contribution in [2.24, 2.45) is 0 Å². The fraction of sp³-hybridized carbons (Fsp3) is 0.538. The van der Waals surface area contributed by atoms with Crippen molar-refractivity contribution >= 4 is 15.9 Å². The molecule has 0 spiro atoms. The highest BCUT2D eigenvalue weighted by Gasteiger charge is 2.29. The van der Waals surface area contributed by atoms with Gasteiger partial charge < -0.3 is 4.74 Å². The molecule has 0 aliphatic carbocycles. The number of rotatable bonds is 2. The second-order valence-corrected chi connectivity index (χ2v) is 5.46. The molecule has 0 amide bonds. The normalized spacial score (nSPS) is 27.0. The summed E-state index contributed by atoms with van der Waals surface area (Å²) < 4.78 is 19.0. The molecular weight excluding hydrogens is 271 g/mol. The van der Waals surface area contributed by atoms with Crippen LogP contribution < -0.4 is 0 Å². The van der Waals surface area contributed by atoms with Gasteiger partial charge in [-0.25, -0.2) is 4.39 Å². The largest absolute Gasteiger partial charge is 0.374 e. The minimum atomic E-state index is -0.149. The van der Waals surface area contributed by atoms with E-state index in [1.165, 1.54) is 6.07 Å². The van der Waals surface area contributed by atoms with Gasteiger partial charge >= 0.3 is 0 Å². The van der Waals surface area contributed by atoms with Crippen LogP contribution >= 0.6 is 15.9 Å². The smallest absolute Gasteiger partial charge is 0.126 e. The molecule has 88 valence electrons. The Labute approximate surface area is 104 Å². The summed E-state index contributed by atoms with van der Waals surface area (Å²) in [5.74, 6) is -0.149. The van der Waals surface area contributed by atoms with Gasteiger partial charge in [0.05, 0.1) is 17.0 Å². The number of hydrogen-bond acceptors (Lipinski definition) is 1. The molecular formula is C13H16BrFO. The van der Waals surface area contributed by atoms with Gasteiger partial charge in [-0.15, -0.1) is 0 Å². The van der Waals surface area contributed by atoms with Crippen molar-refractivity contribution < 1.29 is 9.13 Å². The van der Waals surface area contributed by atoms with Crippen LogP contribution in [-0.4, -0.2) is 12.2 Å². The van der Waals surface area contributed by atoms with Gasteiger partial charge in [0.25, 0.3) is 0 Å². The zero-order valence-electron chi connectivity index (χ0n) is 9.54. The maximum absolute atomic E-state index is 13.2. The summed E-state index contributed by atoms with van der Waals surface area (Å²) in [6.45, 7) is 3.88. The number of halogens is 2. The SMILES string of the molecule is Cc1cc(C(Br)C2CCC(C)O2)ccc1F. The van der Waals surface area contributed by atoms with Crippen LogP contribution in [-0.2, 0) is 4.74 Å². The van der Waals surface area contributed by atoms with Crippen LogP contribution in [0.4, 0.5) is 4.39 Å². The first-order valence-corrected chi connectivity index (χ1v) is 6.55. The van der Waals surface area contributed by atoms with Gasteiger partial charge in [-0.1, -0.05) is 28.1 Å². The van der Waals surface area contributed by atoms with Gasteiger partial charge in [0, 0.05) is 0 Å². The molecule has 3 unspecified atom stereocenters. The Bertz CT molecular complexity index is 380. The summed E-state index contributed by atoms with van der Waals surface area (Å²) in [4.78, 5) is 0.164. The highest BCUT2D eigenvalue weighted by molar-refractivity contribution is 9.09. The fourth-order valence-corrected chi connectivity index (χ4v) is 2.78. The summed E-state index contributed by atoms with van der Waals surface area (Å²) in [5, 5.41) is 0. The summed E-state index contributed by atoms with van der Waals surface area (Å²) in [5.41, 5.74) is 1.78. The molecule has 16 heavy (non-hydrogen) atoms. The fourth-order valence-electron chi connectivity index (χ4n) is 2.10. The molecule has 0 radical (unpaired) electrons. The van der Waals surface area contributed by atoms with E-state index in [1.54, 1.807) is 6.92 Å². The number of benzene rings is 1. The van der Waals surface area contributed by atoms with Gasteiger partial charge in [0.15, 0.2) is 0 Å². The highest BCUT2D eigenvalue weighted by atomic mass is 79.9. The van der Waals surface area contributed by atoms with Gasteiger partial charge in [0.2, 0.25) is 0 Å². The minimum Gasteiger partial charge on any atom is -0.374 e. The molecule has 1 aromatic carbocycles. The van der Waals surface area contributed by atoms with Crippen molar-refractivity contribution in [2.45, 2.75) is 43.7 Å². The predicted molar refractivity (Wildman–Crippen MR) is 66.4 cm³/mol. The van der Waals surface area contributed by atoms with E-state index >= 15 is 0 Å². The molecule has 2 rings (SSSR count). The molecule has 1 aliphatic heterocycles. The van der Waals surface area contributed by atoms with E-state index < -0.39 is 0 Å². The van der Waals surface area contributed by atoms with Crippen molar-refractivity contribution in [3.05, 3.63) is 35.1 Å².